The predicted molar refractivity (Wildman–Crippen MR) is 70.6 cm³/mol. The number of hydrogen-bond donors (Lipinski definition) is 1. The highest BCUT2D eigenvalue weighted by atomic mass is 32.2. The molecule has 4 heteroatoms. The topological polar surface area (TPSA) is 54.4 Å². The molecule has 0 spiro atoms. The quantitative estimate of drug-likeness (QED) is 0.658. The monoisotopic (exact) mass is 250 g/mol. The highest BCUT2D eigenvalue weighted by Crippen LogP contribution is 2.11. The smallest absolute Gasteiger partial charge is 0.268 e. The number of rotatable bonds is 2. The van der Waals surface area contributed by atoms with Crippen molar-refractivity contribution in [1.82, 2.24) is 0 Å². The molecule has 0 fully saturated rings. The van der Waals surface area contributed by atoms with Crippen molar-refractivity contribution >= 4 is 20.9 Å². The molecule has 2 aromatic rings. The van der Waals surface area contributed by atoms with Gasteiger partial charge in [0.15, 0.2) is 0 Å². The van der Waals surface area contributed by atoms with Gasteiger partial charge in [-0.15, -0.1) is 6.58 Å². The third kappa shape index (κ3) is 5.29. The molecule has 0 atom stereocenters. The zero-order valence-electron chi connectivity index (χ0n) is 9.28. The van der Waals surface area contributed by atoms with Gasteiger partial charge in [0.1, 0.15) is 0 Å². The Labute approximate surface area is 101 Å². The Morgan fingerprint density at radius 1 is 1.00 bits per heavy atom. The van der Waals surface area contributed by atoms with E-state index in [4.69, 9.17) is 4.55 Å². The van der Waals surface area contributed by atoms with Crippen LogP contribution in [0.15, 0.2) is 61.2 Å². The molecular weight excluding hydrogens is 236 g/mol. The first-order valence-electron chi connectivity index (χ1n) is 5.03. The first kappa shape index (κ1) is 13.4. The van der Waals surface area contributed by atoms with Crippen LogP contribution < -0.4 is 0 Å². The maximum absolute atomic E-state index is 9.72. The average molecular weight is 250 g/mol. The lowest BCUT2D eigenvalue weighted by atomic mass is 10.1. The molecule has 0 saturated carbocycles. The van der Waals surface area contributed by atoms with Gasteiger partial charge >= 0.3 is 0 Å². The largest absolute Gasteiger partial charge is 0.285 e. The molecule has 0 radical (unpaired) electrons. The summed E-state index contributed by atoms with van der Waals surface area (Å²) in [6.07, 6.45) is 1.12. The molecule has 0 aromatic heterocycles. The molecule has 0 aliphatic carbocycles. The van der Waals surface area contributed by atoms with Crippen LogP contribution in [0.3, 0.4) is 0 Å². The van der Waals surface area contributed by atoms with Gasteiger partial charge in [-0.2, -0.15) is 8.42 Å². The van der Waals surface area contributed by atoms with Crippen LogP contribution in [0.4, 0.5) is 0 Å². The van der Waals surface area contributed by atoms with Crippen LogP contribution in [0.2, 0.25) is 0 Å². The maximum atomic E-state index is 9.72. The van der Waals surface area contributed by atoms with Crippen LogP contribution in [-0.4, -0.2) is 18.7 Å². The minimum Gasteiger partial charge on any atom is -0.285 e. The van der Waals surface area contributed by atoms with E-state index in [0.717, 1.165) is 6.08 Å². The molecule has 2 aromatic carbocycles. The van der Waals surface area contributed by atoms with Gasteiger partial charge in [0.25, 0.3) is 10.1 Å². The molecule has 90 valence electrons. The summed E-state index contributed by atoms with van der Waals surface area (Å²) in [4.78, 5) is 0. The molecule has 0 saturated heterocycles. The second kappa shape index (κ2) is 6.18. The number of hydrogen-bond acceptors (Lipinski definition) is 2. The molecule has 2 rings (SSSR count). The van der Waals surface area contributed by atoms with E-state index in [-0.39, 0.29) is 5.75 Å². The van der Waals surface area contributed by atoms with Crippen LogP contribution in [0.25, 0.3) is 10.8 Å². The number of fused-ring (bicyclic) bond motifs is 1. The van der Waals surface area contributed by atoms with E-state index in [1.54, 1.807) is 0 Å². The molecule has 0 heterocycles. The van der Waals surface area contributed by atoms with E-state index < -0.39 is 10.1 Å². The molecular formula is C13H14O3S. The molecule has 17 heavy (non-hydrogen) atoms. The lowest BCUT2D eigenvalue weighted by Crippen LogP contribution is -1.99. The van der Waals surface area contributed by atoms with E-state index >= 15 is 0 Å². The third-order valence-corrected chi connectivity index (χ3v) is 2.64. The van der Waals surface area contributed by atoms with Gasteiger partial charge in [-0.05, 0) is 10.8 Å². The zero-order chi connectivity index (χ0) is 12.7. The van der Waals surface area contributed by atoms with E-state index in [1.807, 2.05) is 0 Å². The SMILES string of the molecule is C=CCS(=O)(=O)O.c1ccc2ccccc2c1. The molecule has 0 aliphatic rings. The minimum atomic E-state index is -3.79. The first-order chi connectivity index (χ1) is 8.03. The highest BCUT2D eigenvalue weighted by Gasteiger charge is 1.95. The Morgan fingerprint density at radius 2 is 1.35 bits per heavy atom. The lowest BCUT2D eigenvalue weighted by Gasteiger charge is -1.92. The van der Waals surface area contributed by atoms with Crippen molar-refractivity contribution in [3.8, 4) is 0 Å². The molecule has 0 amide bonds. The fraction of sp³-hybridized carbons (Fsp3) is 0.0769. The van der Waals surface area contributed by atoms with Crippen molar-refractivity contribution in [3.05, 3.63) is 61.2 Å². The van der Waals surface area contributed by atoms with Crippen molar-refractivity contribution < 1.29 is 13.0 Å². The van der Waals surface area contributed by atoms with E-state index in [9.17, 15) is 8.42 Å². The second-order valence-corrected chi connectivity index (χ2v) is 4.88. The van der Waals surface area contributed by atoms with Gasteiger partial charge in [-0.25, -0.2) is 0 Å². The zero-order valence-corrected chi connectivity index (χ0v) is 10.1. The highest BCUT2D eigenvalue weighted by molar-refractivity contribution is 7.85. The Bertz CT molecular complexity index is 523. The summed E-state index contributed by atoms with van der Waals surface area (Å²) in [5.74, 6) is -0.368. The molecule has 1 N–H and O–H groups in total. The van der Waals surface area contributed by atoms with E-state index in [2.05, 4.69) is 55.1 Å². The van der Waals surface area contributed by atoms with Crippen molar-refractivity contribution in [2.24, 2.45) is 0 Å². The van der Waals surface area contributed by atoms with Crippen LogP contribution in [0, 0.1) is 0 Å². The molecule has 0 aliphatic heterocycles. The van der Waals surface area contributed by atoms with E-state index in [0.29, 0.717) is 0 Å². The van der Waals surface area contributed by atoms with Gasteiger partial charge in [0.05, 0.1) is 5.75 Å². The van der Waals surface area contributed by atoms with Gasteiger partial charge < -0.3 is 0 Å². The van der Waals surface area contributed by atoms with Crippen LogP contribution in [-0.2, 0) is 10.1 Å². The van der Waals surface area contributed by atoms with Crippen molar-refractivity contribution in [3.63, 3.8) is 0 Å². The summed E-state index contributed by atoms with van der Waals surface area (Å²) >= 11 is 0. The van der Waals surface area contributed by atoms with Gasteiger partial charge in [0, 0.05) is 0 Å². The van der Waals surface area contributed by atoms with Gasteiger partial charge in [-0.3, -0.25) is 4.55 Å². The van der Waals surface area contributed by atoms with E-state index in [1.165, 1.54) is 10.8 Å². The predicted octanol–water partition coefficient (Wildman–Crippen LogP) is 2.90. The minimum absolute atomic E-state index is 0.368. The summed E-state index contributed by atoms with van der Waals surface area (Å²) in [5, 5.41) is 2.62. The lowest BCUT2D eigenvalue weighted by molar-refractivity contribution is 0.487. The Kier molecular flexibility index (Phi) is 4.87. The Hall–Kier alpha value is -1.65. The summed E-state index contributed by atoms with van der Waals surface area (Å²) < 4.78 is 27.3. The number of benzene rings is 2. The Morgan fingerprint density at radius 3 is 1.53 bits per heavy atom. The summed E-state index contributed by atoms with van der Waals surface area (Å²) in [6, 6.07) is 16.7. The Balaban J connectivity index is 0.000000185. The fourth-order valence-corrected chi connectivity index (χ4v) is 1.58. The summed E-state index contributed by atoms with van der Waals surface area (Å²) in [7, 11) is -3.79. The molecule has 0 unspecified atom stereocenters. The van der Waals surface area contributed by atoms with Crippen molar-refractivity contribution in [2.75, 3.05) is 5.75 Å². The van der Waals surface area contributed by atoms with Crippen LogP contribution >= 0.6 is 0 Å². The third-order valence-electron chi connectivity index (χ3n) is 1.99. The molecule has 0 bridgehead atoms. The fourth-order valence-electron chi connectivity index (χ4n) is 1.28. The van der Waals surface area contributed by atoms with Gasteiger partial charge in [-0.1, -0.05) is 54.6 Å². The molecule has 3 nitrogen and oxygen atoms in total. The van der Waals surface area contributed by atoms with Crippen molar-refractivity contribution in [1.29, 1.82) is 0 Å². The summed E-state index contributed by atoms with van der Waals surface area (Å²) in [5.41, 5.74) is 0. The normalized spacial score (nSPS) is 10.4. The van der Waals surface area contributed by atoms with Crippen molar-refractivity contribution in [2.45, 2.75) is 0 Å². The maximum Gasteiger partial charge on any atom is 0.268 e. The summed E-state index contributed by atoms with van der Waals surface area (Å²) in [6.45, 7) is 3.11. The second-order valence-electron chi connectivity index (χ2n) is 3.38. The van der Waals surface area contributed by atoms with Crippen LogP contribution in [0.1, 0.15) is 0 Å². The average Bonchev–Trinajstić information content (AvgIpc) is 2.28. The standard InChI is InChI=1S/C10H8.C3H6O3S/c1-2-6-10-8-4-3-7-9(10)5-1;1-2-3-7(4,5)6/h1-8H;2H,1,3H2,(H,4,5,6). The van der Waals surface area contributed by atoms with Gasteiger partial charge in [0.2, 0.25) is 0 Å². The van der Waals surface area contributed by atoms with Crippen LogP contribution in [0.5, 0.6) is 0 Å². The first-order valence-corrected chi connectivity index (χ1v) is 6.63.